The molecule has 96 valence electrons. The van der Waals surface area contributed by atoms with Gasteiger partial charge < -0.3 is 5.32 Å². The van der Waals surface area contributed by atoms with E-state index < -0.39 is 0 Å². The second-order valence-electron chi connectivity index (χ2n) is 5.24. The summed E-state index contributed by atoms with van der Waals surface area (Å²) in [5.41, 5.74) is 1.39. The maximum atomic E-state index is 3.47. The van der Waals surface area contributed by atoms with Gasteiger partial charge in [0.1, 0.15) is 0 Å². The SMILES string of the molecule is CNC(CSC(C)(C)C)Cc1ccc(Br)cc1. The molecule has 1 rings (SSSR count). The Morgan fingerprint density at radius 3 is 2.29 bits per heavy atom. The van der Waals surface area contributed by atoms with E-state index in [1.54, 1.807) is 0 Å². The third-order valence-corrected chi connectivity index (χ3v) is 4.48. The number of thioether (sulfide) groups is 1. The summed E-state index contributed by atoms with van der Waals surface area (Å²) < 4.78 is 1.49. The van der Waals surface area contributed by atoms with Gasteiger partial charge >= 0.3 is 0 Å². The van der Waals surface area contributed by atoms with Gasteiger partial charge in [-0.05, 0) is 31.2 Å². The highest BCUT2D eigenvalue weighted by Crippen LogP contribution is 2.24. The number of hydrogen-bond acceptors (Lipinski definition) is 2. The van der Waals surface area contributed by atoms with Gasteiger partial charge in [-0.25, -0.2) is 0 Å². The quantitative estimate of drug-likeness (QED) is 0.877. The summed E-state index contributed by atoms with van der Waals surface area (Å²) >= 11 is 5.48. The molecular weight excluding hydrogens is 294 g/mol. The summed E-state index contributed by atoms with van der Waals surface area (Å²) in [6.45, 7) is 6.80. The Hall–Kier alpha value is 0.01000. The minimum absolute atomic E-state index is 0.342. The van der Waals surface area contributed by atoms with Crippen LogP contribution in [0, 0.1) is 0 Å². The van der Waals surface area contributed by atoms with Crippen LogP contribution in [0.15, 0.2) is 28.7 Å². The number of halogens is 1. The van der Waals surface area contributed by atoms with E-state index >= 15 is 0 Å². The Morgan fingerprint density at radius 1 is 1.24 bits per heavy atom. The Morgan fingerprint density at radius 2 is 1.82 bits per heavy atom. The first kappa shape index (κ1) is 15.1. The molecule has 1 nitrogen and oxygen atoms in total. The molecule has 0 amide bonds. The van der Waals surface area contributed by atoms with Gasteiger partial charge in [-0.2, -0.15) is 11.8 Å². The van der Waals surface area contributed by atoms with Crippen molar-refractivity contribution < 1.29 is 0 Å². The van der Waals surface area contributed by atoms with Crippen molar-refractivity contribution in [2.45, 2.75) is 38.0 Å². The molecule has 1 aromatic rings. The average molecular weight is 316 g/mol. The van der Waals surface area contributed by atoms with Crippen LogP contribution < -0.4 is 5.32 Å². The van der Waals surface area contributed by atoms with Crippen molar-refractivity contribution in [2.75, 3.05) is 12.8 Å². The Bertz CT molecular complexity index is 329. The molecule has 0 aliphatic rings. The minimum Gasteiger partial charge on any atom is -0.316 e. The number of nitrogens with one attached hydrogen (secondary N) is 1. The summed E-state index contributed by atoms with van der Waals surface area (Å²) in [6, 6.07) is 9.14. The molecule has 0 aliphatic carbocycles. The van der Waals surface area contributed by atoms with Gasteiger partial charge in [0, 0.05) is 21.0 Å². The molecule has 1 atom stereocenters. The molecule has 0 fully saturated rings. The van der Waals surface area contributed by atoms with Gasteiger partial charge in [-0.15, -0.1) is 0 Å². The van der Waals surface area contributed by atoms with Crippen LogP contribution in [0.4, 0.5) is 0 Å². The van der Waals surface area contributed by atoms with Crippen molar-refractivity contribution in [3.05, 3.63) is 34.3 Å². The topological polar surface area (TPSA) is 12.0 Å². The van der Waals surface area contributed by atoms with Crippen molar-refractivity contribution in [1.29, 1.82) is 0 Å². The normalized spacial score (nSPS) is 13.7. The average Bonchev–Trinajstić information content (AvgIpc) is 2.25. The molecule has 0 radical (unpaired) electrons. The third kappa shape index (κ3) is 6.49. The molecule has 0 saturated heterocycles. The predicted molar refractivity (Wildman–Crippen MR) is 82.9 cm³/mol. The zero-order valence-electron chi connectivity index (χ0n) is 11.1. The second kappa shape index (κ2) is 6.81. The second-order valence-corrected chi connectivity index (χ2v) is 8.00. The zero-order chi connectivity index (χ0) is 12.9. The monoisotopic (exact) mass is 315 g/mol. The first-order valence-electron chi connectivity index (χ1n) is 5.96. The number of likely N-dealkylation sites (N-methyl/N-ethyl adjacent to an activating group) is 1. The van der Waals surface area contributed by atoms with E-state index in [2.05, 4.69) is 66.3 Å². The maximum absolute atomic E-state index is 3.47. The van der Waals surface area contributed by atoms with Crippen molar-refractivity contribution in [1.82, 2.24) is 5.32 Å². The summed E-state index contributed by atoms with van der Waals surface area (Å²) in [5.74, 6) is 1.15. The third-order valence-electron chi connectivity index (χ3n) is 2.52. The predicted octanol–water partition coefficient (Wildman–Crippen LogP) is 4.11. The zero-order valence-corrected chi connectivity index (χ0v) is 13.5. The molecule has 1 aromatic carbocycles. The van der Waals surface area contributed by atoms with Crippen LogP contribution in [-0.4, -0.2) is 23.6 Å². The Balaban J connectivity index is 2.49. The van der Waals surface area contributed by atoms with E-state index in [4.69, 9.17) is 0 Å². The van der Waals surface area contributed by atoms with E-state index in [9.17, 15) is 0 Å². The van der Waals surface area contributed by atoms with E-state index in [1.165, 1.54) is 5.56 Å². The minimum atomic E-state index is 0.342. The maximum Gasteiger partial charge on any atom is 0.0195 e. The standard InChI is InChI=1S/C14H22BrNS/c1-14(2,3)17-10-13(16-4)9-11-5-7-12(15)8-6-11/h5-8,13,16H,9-10H2,1-4H3. The smallest absolute Gasteiger partial charge is 0.0195 e. The molecule has 0 spiro atoms. The number of rotatable bonds is 5. The summed E-state index contributed by atoms with van der Waals surface area (Å²) in [6.07, 6.45) is 1.09. The molecule has 0 heterocycles. The van der Waals surface area contributed by atoms with E-state index in [1.807, 2.05) is 18.8 Å². The van der Waals surface area contributed by atoms with Gasteiger partial charge in [-0.1, -0.05) is 48.8 Å². The van der Waals surface area contributed by atoms with E-state index in [0.717, 1.165) is 16.6 Å². The molecule has 1 unspecified atom stereocenters. The molecule has 1 N–H and O–H groups in total. The largest absolute Gasteiger partial charge is 0.316 e. The number of hydrogen-bond donors (Lipinski definition) is 1. The molecular formula is C14H22BrNS. The van der Waals surface area contributed by atoms with Crippen molar-refractivity contribution in [3.63, 3.8) is 0 Å². The van der Waals surface area contributed by atoms with Crippen LogP contribution in [0.1, 0.15) is 26.3 Å². The molecule has 17 heavy (non-hydrogen) atoms. The fourth-order valence-electron chi connectivity index (χ4n) is 1.50. The highest BCUT2D eigenvalue weighted by atomic mass is 79.9. The van der Waals surface area contributed by atoms with Gasteiger partial charge in [-0.3, -0.25) is 0 Å². The highest BCUT2D eigenvalue weighted by molar-refractivity contribution is 9.10. The lowest BCUT2D eigenvalue weighted by atomic mass is 10.1. The lowest BCUT2D eigenvalue weighted by molar-refractivity contribution is 0.613. The van der Waals surface area contributed by atoms with Crippen LogP contribution in [0.3, 0.4) is 0 Å². The van der Waals surface area contributed by atoms with Crippen LogP contribution >= 0.6 is 27.7 Å². The Kier molecular flexibility index (Phi) is 6.04. The summed E-state index contributed by atoms with van der Waals surface area (Å²) in [4.78, 5) is 0. The molecule has 0 saturated carbocycles. The van der Waals surface area contributed by atoms with Crippen molar-refractivity contribution >= 4 is 27.7 Å². The molecule has 0 bridgehead atoms. The fourth-order valence-corrected chi connectivity index (χ4v) is 2.75. The summed E-state index contributed by atoms with van der Waals surface area (Å²) in [5, 5.41) is 3.41. The van der Waals surface area contributed by atoms with Gasteiger partial charge in [0.05, 0.1) is 0 Å². The summed E-state index contributed by atoms with van der Waals surface area (Å²) in [7, 11) is 2.05. The first-order chi connectivity index (χ1) is 7.90. The van der Waals surface area contributed by atoms with Crippen molar-refractivity contribution in [2.24, 2.45) is 0 Å². The van der Waals surface area contributed by atoms with Crippen LogP contribution in [0.5, 0.6) is 0 Å². The van der Waals surface area contributed by atoms with Crippen LogP contribution in [0.2, 0.25) is 0 Å². The molecule has 0 aromatic heterocycles. The Labute approximate surface area is 118 Å². The van der Waals surface area contributed by atoms with E-state index in [0.29, 0.717) is 10.8 Å². The lowest BCUT2D eigenvalue weighted by Crippen LogP contribution is -2.31. The first-order valence-corrected chi connectivity index (χ1v) is 7.74. The van der Waals surface area contributed by atoms with Crippen molar-refractivity contribution in [3.8, 4) is 0 Å². The van der Waals surface area contributed by atoms with E-state index in [-0.39, 0.29) is 0 Å². The van der Waals surface area contributed by atoms with Gasteiger partial charge in [0.2, 0.25) is 0 Å². The lowest BCUT2D eigenvalue weighted by Gasteiger charge is -2.22. The van der Waals surface area contributed by atoms with Gasteiger partial charge in [0.25, 0.3) is 0 Å². The van der Waals surface area contributed by atoms with Crippen LogP contribution in [-0.2, 0) is 6.42 Å². The highest BCUT2D eigenvalue weighted by Gasteiger charge is 2.14. The van der Waals surface area contributed by atoms with Gasteiger partial charge in [0.15, 0.2) is 0 Å². The fraction of sp³-hybridized carbons (Fsp3) is 0.571. The molecule has 3 heteroatoms. The number of benzene rings is 1. The molecule has 0 aliphatic heterocycles. The van der Waals surface area contributed by atoms with Crippen LogP contribution in [0.25, 0.3) is 0 Å².